The summed E-state index contributed by atoms with van der Waals surface area (Å²) in [5.74, 6) is -0.132. The Balaban J connectivity index is 1.86. The predicted octanol–water partition coefficient (Wildman–Crippen LogP) is 3.02. The lowest BCUT2D eigenvalue weighted by Gasteiger charge is -2.15. The van der Waals surface area contributed by atoms with Crippen LogP contribution in [-0.2, 0) is 16.1 Å². The lowest BCUT2D eigenvalue weighted by Crippen LogP contribution is -2.37. The van der Waals surface area contributed by atoms with Crippen LogP contribution in [0.2, 0.25) is 0 Å². The maximum absolute atomic E-state index is 11.9. The molecule has 1 fully saturated rings. The second kappa shape index (κ2) is 6.90. The van der Waals surface area contributed by atoms with E-state index in [4.69, 9.17) is 4.74 Å². The van der Waals surface area contributed by atoms with Crippen LogP contribution in [0.5, 0.6) is 0 Å². The van der Waals surface area contributed by atoms with Crippen LogP contribution in [0.25, 0.3) is 0 Å². The van der Waals surface area contributed by atoms with Gasteiger partial charge in [0, 0.05) is 10.0 Å². The molecule has 3 nitrogen and oxygen atoms in total. The summed E-state index contributed by atoms with van der Waals surface area (Å²) in [7, 11) is 0. The standard InChI is InChI=1S/C14H18BrNO2/c15-12-7-4-3-6-11(12)10-18-14(17)13-8-2-1-5-9-16-13/h3-4,6-7,13,16H,1-2,5,8-10H2. The summed E-state index contributed by atoms with van der Waals surface area (Å²) < 4.78 is 6.35. The number of ether oxygens (including phenoxy) is 1. The summed E-state index contributed by atoms with van der Waals surface area (Å²) in [4.78, 5) is 11.9. The fraction of sp³-hybridized carbons (Fsp3) is 0.500. The molecule has 1 N–H and O–H groups in total. The van der Waals surface area contributed by atoms with E-state index >= 15 is 0 Å². The van der Waals surface area contributed by atoms with Crippen LogP contribution in [-0.4, -0.2) is 18.6 Å². The lowest BCUT2D eigenvalue weighted by atomic mass is 10.1. The Kier molecular flexibility index (Phi) is 5.20. The predicted molar refractivity (Wildman–Crippen MR) is 74.2 cm³/mol. The van der Waals surface area contributed by atoms with Crippen LogP contribution in [0.15, 0.2) is 28.7 Å². The first kappa shape index (κ1) is 13.6. The normalized spacial score (nSPS) is 20.2. The van der Waals surface area contributed by atoms with Crippen molar-refractivity contribution in [2.45, 2.75) is 38.3 Å². The fourth-order valence-electron chi connectivity index (χ4n) is 2.09. The van der Waals surface area contributed by atoms with Gasteiger partial charge in [-0.15, -0.1) is 0 Å². The van der Waals surface area contributed by atoms with Crippen molar-refractivity contribution in [1.82, 2.24) is 5.32 Å². The summed E-state index contributed by atoms with van der Waals surface area (Å²) >= 11 is 3.45. The highest BCUT2D eigenvalue weighted by molar-refractivity contribution is 9.10. The van der Waals surface area contributed by atoms with E-state index < -0.39 is 0 Å². The van der Waals surface area contributed by atoms with Crippen molar-refractivity contribution in [1.29, 1.82) is 0 Å². The maximum Gasteiger partial charge on any atom is 0.323 e. The molecule has 0 aromatic heterocycles. The van der Waals surface area contributed by atoms with Crippen LogP contribution in [0.1, 0.15) is 31.2 Å². The van der Waals surface area contributed by atoms with Gasteiger partial charge in [0.05, 0.1) is 0 Å². The van der Waals surface area contributed by atoms with Crippen molar-refractivity contribution >= 4 is 21.9 Å². The fourth-order valence-corrected chi connectivity index (χ4v) is 2.49. The monoisotopic (exact) mass is 311 g/mol. The van der Waals surface area contributed by atoms with Gasteiger partial charge in [-0.25, -0.2) is 0 Å². The van der Waals surface area contributed by atoms with E-state index in [0.29, 0.717) is 6.61 Å². The average molecular weight is 312 g/mol. The minimum atomic E-state index is -0.132. The van der Waals surface area contributed by atoms with Gasteiger partial charge in [-0.05, 0) is 25.5 Å². The Bertz CT molecular complexity index is 401. The molecule has 18 heavy (non-hydrogen) atoms. The molecular formula is C14H18BrNO2. The minimum absolute atomic E-state index is 0.130. The van der Waals surface area contributed by atoms with Gasteiger partial charge >= 0.3 is 5.97 Å². The van der Waals surface area contributed by atoms with E-state index in [1.165, 1.54) is 6.42 Å². The maximum atomic E-state index is 11.9. The number of carbonyl (C=O) groups is 1. The quantitative estimate of drug-likeness (QED) is 0.872. The third-order valence-corrected chi connectivity index (χ3v) is 3.95. The Morgan fingerprint density at radius 2 is 2.17 bits per heavy atom. The van der Waals surface area contributed by atoms with Gasteiger partial charge in [-0.1, -0.05) is 47.0 Å². The highest BCUT2D eigenvalue weighted by Gasteiger charge is 2.20. The van der Waals surface area contributed by atoms with Crippen LogP contribution in [0, 0.1) is 0 Å². The molecule has 1 aliphatic heterocycles. The van der Waals surface area contributed by atoms with E-state index in [9.17, 15) is 4.79 Å². The van der Waals surface area contributed by atoms with Crippen molar-refractivity contribution in [3.63, 3.8) is 0 Å². The van der Waals surface area contributed by atoms with E-state index in [1.54, 1.807) is 0 Å². The zero-order valence-corrected chi connectivity index (χ0v) is 11.9. The molecule has 0 aliphatic carbocycles. The van der Waals surface area contributed by atoms with Crippen LogP contribution in [0.3, 0.4) is 0 Å². The Morgan fingerprint density at radius 1 is 1.33 bits per heavy atom. The second-order valence-corrected chi connectivity index (χ2v) is 5.41. The molecule has 0 radical (unpaired) electrons. The highest BCUT2D eigenvalue weighted by atomic mass is 79.9. The Hall–Kier alpha value is -0.870. The van der Waals surface area contributed by atoms with Gasteiger partial charge in [0.1, 0.15) is 12.6 Å². The molecule has 1 unspecified atom stereocenters. The number of benzene rings is 1. The molecule has 1 atom stereocenters. The van der Waals surface area contributed by atoms with Gasteiger partial charge in [-0.2, -0.15) is 0 Å². The van der Waals surface area contributed by atoms with Crippen LogP contribution >= 0.6 is 15.9 Å². The molecular weight excluding hydrogens is 294 g/mol. The Labute approximate surface area is 116 Å². The van der Waals surface area contributed by atoms with E-state index in [0.717, 1.165) is 35.8 Å². The topological polar surface area (TPSA) is 38.3 Å². The molecule has 1 aromatic rings. The molecule has 0 amide bonds. The zero-order chi connectivity index (χ0) is 12.8. The summed E-state index contributed by atoms with van der Waals surface area (Å²) in [6.45, 7) is 1.24. The lowest BCUT2D eigenvalue weighted by molar-refractivity contribution is -0.147. The molecule has 0 spiro atoms. The summed E-state index contributed by atoms with van der Waals surface area (Å²) in [5.41, 5.74) is 1.000. The number of esters is 1. The van der Waals surface area contributed by atoms with Crippen molar-refractivity contribution < 1.29 is 9.53 Å². The largest absolute Gasteiger partial charge is 0.460 e. The molecule has 1 aromatic carbocycles. The molecule has 1 heterocycles. The first-order valence-corrected chi connectivity index (χ1v) is 7.20. The third-order valence-electron chi connectivity index (χ3n) is 3.17. The minimum Gasteiger partial charge on any atom is -0.460 e. The number of halogens is 1. The smallest absolute Gasteiger partial charge is 0.323 e. The molecule has 1 aliphatic rings. The molecule has 2 rings (SSSR count). The van der Waals surface area contributed by atoms with Gasteiger partial charge in [0.15, 0.2) is 0 Å². The number of nitrogens with one attached hydrogen (secondary N) is 1. The van der Waals surface area contributed by atoms with E-state index in [1.807, 2.05) is 24.3 Å². The summed E-state index contributed by atoms with van der Waals surface area (Å²) in [6.07, 6.45) is 4.33. The molecule has 98 valence electrons. The van der Waals surface area contributed by atoms with Gasteiger partial charge in [-0.3, -0.25) is 4.79 Å². The molecule has 1 saturated heterocycles. The number of hydrogen-bond donors (Lipinski definition) is 1. The van der Waals surface area contributed by atoms with Crippen LogP contribution < -0.4 is 5.32 Å². The van der Waals surface area contributed by atoms with Gasteiger partial charge in [0.25, 0.3) is 0 Å². The number of carbonyl (C=O) groups excluding carboxylic acids is 1. The summed E-state index contributed by atoms with van der Waals surface area (Å²) in [6, 6.07) is 7.67. The van der Waals surface area contributed by atoms with Crippen molar-refractivity contribution in [3.8, 4) is 0 Å². The Morgan fingerprint density at radius 3 is 3.00 bits per heavy atom. The first-order chi connectivity index (χ1) is 8.77. The summed E-state index contributed by atoms with van der Waals surface area (Å²) in [5, 5.41) is 3.25. The molecule has 0 saturated carbocycles. The number of hydrogen-bond acceptors (Lipinski definition) is 3. The third kappa shape index (κ3) is 3.82. The van der Waals surface area contributed by atoms with Gasteiger partial charge in [0.2, 0.25) is 0 Å². The van der Waals surface area contributed by atoms with Crippen molar-refractivity contribution in [3.05, 3.63) is 34.3 Å². The van der Waals surface area contributed by atoms with E-state index in [-0.39, 0.29) is 12.0 Å². The van der Waals surface area contributed by atoms with Crippen molar-refractivity contribution in [2.75, 3.05) is 6.54 Å². The second-order valence-electron chi connectivity index (χ2n) is 4.56. The van der Waals surface area contributed by atoms with Crippen LogP contribution in [0.4, 0.5) is 0 Å². The average Bonchev–Trinajstić information content (AvgIpc) is 2.66. The molecule has 0 bridgehead atoms. The van der Waals surface area contributed by atoms with E-state index in [2.05, 4.69) is 21.2 Å². The highest BCUT2D eigenvalue weighted by Crippen LogP contribution is 2.17. The SMILES string of the molecule is O=C(OCc1ccccc1Br)C1CCCCCN1. The van der Waals surface area contributed by atoms with Gasteiger partial charge < -0.3 is 10.1 Å². The van der Waals surface area contributed by atoms with Crippen molar-refractivity contribution in [2.24, 2.45) is 0 Å². The molecule has 4 heteroatoms. The zero-order valence-electron chi connectivity index (χ0n) is 10.3. The first-order valence-electron chi connectivity index (χ1n) is 6.41. The number of rotatable bonds is 3.